The summed E-state index contributed by atoms with van der Waals surface area (Å²) >= 11 is 0. The van der Waals surface area contributed by atoms with Crippen LogP contribution in [-0.2, 0) is 16.6 Å². The van der Waals surface area contributed by atoms with Crippen molar-refractivity contribution in [3.8, 4) is 0 Å². The highest BCUT2D eigenvalue weighted by molar-refractivity contribution is 5.40. The normalized spacial score (nSPS) is 54.8. The van der Waals surface area contributed by atoms with Crippen molar-refractivity contribution in [2.24, 2.45) is 39.4 Å². The summed E-state index contributed by atoms with van der Waals surface area (Å²) in [5, 5.41) is 26.8. The Morgan fingerprint density at radius 2 is 1.67 bits per heavy atom. The molecule has 0 amide bonds. The van der Waals surface area contributed by atoms with Crippen LogP contribution >= 0.6 is 0 Å². The van der Waals surface area contributed by atoms with Crippen molar-refractivity contribution in [2.45, 2.75) is 135 Å². The quantitative estimate of drug-likeness (QED) is 0.540. The van der Waals surface area contributed by atoms with E-state index in [1.807, 2.05) is 20.0 Å². The van der Waals surface area contributed by atoms with E-state index in [9.17, 15) is 10.2 Å². The van der Waals surface area contributed by atoms with Gasteiger partial charge in [0.05, 0.1) is 29.6 Å². The molecule has 3 unspecified atom stereocenters. The summed E-state index contributed by atoms with van der Waals surface area (Å²) in [5.41, 5.74) is 1.04. The molecule has 7 rings (SSSR count). The summed E-state index contributed by atoms with van der Waals surface area (Å²) in [4.78, 5) is 0. The summed E-state index contributed by atoms with van der Waals surface area (Å²) in [5.74, 6) is 2.54. The van der Waals surface area contributed by atoms with E-state index in [-0.39, 0.29) is 40.0 Å². The first-order valence-corrected chi connectivity index (χ1v) is 14.7. The second-order valence-corrected chi connectivity index (χ2v) is 15.9. The lowest BCUT2D eigenvalue weighted by atomic mass is 9.42. The minimum Gasteiger partial charge on any atom is -0.393 e. The lowest BCUT2D eigenvalue weighted by Crippen LogP contribution is -2.58. The molecule has 200 valence electrons. The van der Waals surface area contributed by atoms with E-state index >= 15 is 0 Å². The number of hydrogen-bond acceptors (Lipinski definition) is 5. The number of aromatic nitrogens is 1. The molecule has 6 aliphatic rings. The smallest absolute Gasteiger partial charge is 0.145 e. The molecular formula is C31H47NO4. The average molecular weight is 498 g/mol. The van der Waals surface area contributed by atoms with Gasteiger partial charge in [0.2, 0.25) is 0 Å². The fourth-order valence-corrected chi connectivity index (χ4v) is 12.3. The maximum absolute atomic E-state index is 11.8. The highest BCUT2D eigenvalue weighted by Crippen LogP contribution is 2.88. The van der Waals surface area contributed by atoms with Gasteiger partial charge in [-0.25, -0.2) is 0 Å². The fraction of sp³-hybridized carbons (Fsp3) is 0.903. The van der Waals surface area contributed by atoms with Gasteiger partial charge >= 0.3 is 0 Å². The summed E-state index contributed by atoms with van der Waals surface area (Å²) in [6.07, 6.45) is 11.6. The number of nitrogens with zero attached hydrogens (tertiary/aromatic N) is 1. The van der Waals surface area contributed by atoms with Crippen LogP contribution in [-0.4, -0.2) is 38.8 Å². The van der Waals surface area contributed by atoms with E-state index in [1.165, 1.54) is 37.7 Å². The van der Waals surface area contributed by atoms with Crippen LogP contribution in [0.3, 0.4) is 0 Å². The molecule has 1 aromatic rings. The van der Waals surface area contributed by atoms with Gasteiger partial charge in [-0.3, -0.25) is 0 Å². The van der Waals surface area contributed by atoms with Crippen molar-refractivity contribution in [1.29, 1.82) is 0 Å². The van der Waals surface area contributed by atoms with Crippen molar-refractivity contribution in [2.75, 3.05) is 0 Å². The monoisotopic (exact) mass is 497 g/mol. The lowest BCUT2D eigenvalue weighted by Gasteiger charge is -2.62. The topological polar surface area (TPSA) is 75.7 Å². The van der Waals surface area contributed by atoms with Crippen LogP contribution in [0.15, 0.2) is 10.7 Å². The van der Waals surface area contributed by atoms with Gasteiger partial charge in [0, 0.05) is 16.9 Å². The van der Waals surface area contributed by atoms with Gasteiger partial charge in [0.15, 0.2) is 0 Å². The first kappa shape index (κ1) is 24.2. The van der Waals surface area contributed by atoms with Crippen molar-refractivity contribution in [3.63, 3.8) is 0 Å². The fourth-order valence-electron chi connectivity index (χ4n) is 12.3. The summed E-state index contributed by atoms with van der Waals surface area (Å²) < 4.78 is 12.5. The number of ether oxygens (including phenoxy) is 1. The Morgan fingerprint density at radius 3 is 2.36 bits per heavy atom. The lowest BCUT2D eigenvalue weighted by molar-refractivity contribution is -0.189. The van der Waals surface area contributed by atoms with Crippen LogP contribution in [0.2, 0.25) is 0 Å². The minimum atomic E-state index is -0.852. The molecule has 5 heteroatoms. The Hall–Kier alpha value is -0.910. The summed E-state index contributed by atoms with van der Waals surface area (Å²) in [6.45, 7) is 15.8. The molecule has 5 aliphatic carbocycles. The molecule has 5 nitrogen and oxygen atoms in total. The molecule has 10 atom stereocenters. The highest BCUT2D eigenvalue weighted by atomic mass is 16.5. The first-order chi connectivity index (χ1) is 16.6. The Labute approximate surface area is 216 Å². The van der Waals surface area contributed by atoms with Crippen molar-refractivity contribution in [1.82, 2.24) is 5.16 Å². The zero-order chi connectivity index (χ0) is 25.7. The van der Waals surface area contributed by atoms with Gasteiger partial charge in [0.25, 0.3) is 0 Å². The van der Waals surface area contributed by atoms with E-state index in [1.54, 1.807) is 0 Å². The third-order valence-corrected chi connectivity index (χ3v) is 13.8. The molecule has 0 radical (unpaired) electrons. The van der Waals surface area contributed by atoms with Gasteiger partial charge in [-0.05, 0) is 112 Å². The predicted octanol–water partition coefficient (Wildman–Crippen LogP) is 5.81. The molecule has 2 heterocycles. The van der Waals surface area contributed by atoms with Gasteiger partial charge in [-0.2, -0.15) is 0 Å². The molecule has 1 aliphatic heterocycles. The second kappa shape index (κ2) is 6.62. The van der Waals surface area contributed by atoms with Crippen LogP contribution in [0.4, 0.5) is 0 Å². The molecular weight excluding hydrogens is 450 g/mol. The SMILES string of the molecule is CC1(C)c2oncc2C[C@]23C[C@]24CC[C@]2(C)C([C@]5(C)CC[C@H](C(C)(C)O)O5)[C@@H](O)C[C@@]2(C)C4CCC13. The standard InChI is InChI=1S/C31H47NO4/c1-25(2)20-8-9-21-28(6)15-19(33)23(29(7)11-10-22(35-29)26(3,4)34)27(28,5)12-13-30(21)17-31(20,30)14-18-16-32-36-24(18)25/h16,19-23,33-34H,8-15,17H2,1-7H3/t19-,20?,21?,22+,23?,27+,28-,29-,30-,31+/m0/s1. The predicted molar refractivity (Wildman–Crippen MR) is 137 cm³/mol. The number of fused-ring (bicyclic) bond motifs is 3. The number of rotatable bonds is 2. The molecule has 2 spiro atoms. The zero-order valence-corrected chi connectivity index (χ0v) is 23.5. The molecule has 0 bridgehead atoms. The first-order valence-electron chi connectivity index (χ1n) is 14.7. The zero-order valence-electron chi connectivity index (χ0n) is 23.5. The van der Waals surface area contributed by atoms with E-state index in [0.29, 0.717) is 22.7 Å². The third kappa shape index (κ3) is 2.53. The van der Waals surface area contributed by atoms with Gasteiger partial charge in [0.1, 0.15) is 5.76 Å². The molecule has 36 heavy (non-hydrogen) atoms. The Balaban J connectivity index is 1.25. The number of aliphatic hydroxyl groups excluding tert-OH is 1. The average Bonchev–Trinajstić information content (AvgIpc) is 3.06. The van der Waals surface area contributed by atoms with Crippen molar-refractivity contribution >= 4 is 0 Å². The van der Waals surface area contributed by atoms with Crippen LogP contribution in [0.1, 0.15) is 111 Å². The van der Waals surface area contributed by atoms with Crippen molar-refractivity contribution in [3.05, 3.63) is 17.5 Å². The van der Waals surface area contributed by atoms with Gasteiger partial charge in [-0.15, -0.1) is 0 Å². The van der Waals surface area contributed by atoms with Crippen LogP contribution in [0.5, 0.6) is 0 Å². The molecule has 1 aromatic heterocycles. The second-order valence-electron chi connectivity index (χ2n) is 15.9. The molecule has 5 fully saturated rings. The molecule has 2 N–H and O–H groups in total. The summed E-state index contributed by atoms with van der Waals surface area (Å²) in [6, 6.07) is 0. The van der Waals surface area contributed by atoms with E-state index in [4.69, 9.17) is 9.26 Å². The van der Waals surface area contributed by atoms with Crippen LogP contribution < -0.4 is 0 Å². The summed E-state index contributed by atoms with van der Waals surface area (Å²) in [7, 11) is 0. The van der Waals surface area contributed by atoms with Gasteiger partial charge in [-0.1, -0.05) is 32.9 Å². The number of hydrogen-bond donors (Lipinski definition) is 2. The minimum absolute atomic E-state index is 0.0364. The van der Waals surface area contributed by atoms with Crippen LogP contribution in [0.25, 0.3) is 0 Å². The Kier molecular flexibility index (Phi) is 4.44. The maximum Gasteiger partial charge on any atom is 0.145 e. The molecule has 0 aromatic carbocycles. The highest BCUT2D eigenvalue weighted by Gasteiger charge is 2.83. The van der Waals surface area contributed by atoms with Crippen molar-refractivity contribution < 1.29 is 19.5 Å². The Bertz CT molecular complexity index is 1100. The number of aliphatic hydroxyl groups is 2. The molecule has 1 saturated heterocycles. The Morgan fingerprint density at radius 1 is 0.944 bits per heavy atom. The van der Waals surface area contributed by atoms with E-state index < -0.39 is 5.60 Å². The maximum atomic E-state index is 11.8. The largest absolute Gasteiger partial charge is 0.393 e. The van der Waals surface area contributed by atoms with E-state index in [2.05, 4.69) is 39.8 Å². The van der Waals surface area contributed by atoms with Gasteiger partial charge < -0.3 is 19.5 Å². The third-order valence-electron chi connectivity index (χ3n) is 13.8. The molecule has 4 saturated carbocycles. The van der Waals surface area contributed by atoms with Crippen LogP contribution in [0, 0.1) is 39.4 Å². The van der Waals surface area contributed by atoms with E-state index in [0.717, 1.165) is 31.4 Å².